The Bertz CT molecular complexity index is 215. The van der Waals surface area contributed by atoms with Crippen LogP contribution in [0, 0.1) is 37.5 Å². The molecule has 2 fully saturated rings. The van der Waals surface area contributed by atoms with Crippen molar-refractivity contribution >= 4 is 17.0 Å². The van der Waals surface area contributed by atoms with Crippen LogP contribution in [-0.2, 0) is 20.8 Å². The second-order valence-electron chi connectivity index (χ2n) is 8.77. The third-order valence-corrected chi connectivity index (χ3v) is 5.16. The third-order valence-electron chi connectivity index (χ3n) is 5.16. The van der Waals surface area contributed by atoms with E-state index in [1.54, 1.807) is 0 Å². The zero-order valence-electron chi connectivity index (χ0n) is 17.1. The Morgan fingerprint density at radius 3 is 0.870 bits per heavy atom. The third kappa shape index (κ3) is 14.3. The molecule has 140 valence electrons. The molecule has 0 unspecified atom stereocenters. The molecule has 0 heterocycles. The van der Waals surface area contributed by atoms with Gasteiger partial charge in [-0.05, 0) is 48.3 Å². The van der Waals surface area contributed by atoms with Crippen molar-refractivity contribution in [3.63, 3.8) is 0 Å². The van der Waals surface area contributed by atoms with E-state index in [-0.39, 0.29) is 14.9 Å². The van der Waals surface area contributed by atoms with E-state index in [9.17, 15) is 0 Å². The maximum absolute atomic E-state index is 4.93. The first kappa shape index (κ1) is 29.2. The fourth-order valence-corrected chi connectivity index (χ4v) is 3.58. The van der Waals surface area contributed by atoms with Gasteiger partial charge in [0, 0.05) is 0 Å². The van der Waals surface area contributed by atoms with Gasteiger partial charge in [0.15, 0.2) is 0 Å². The van der Waals surface area contributed by atoms with Gasteiger partial charge >= 0.3 is 37.9 Å². The van der Waals surface area contributed by atoms with Crippen LogP contribution in [0.3, 0.4) is 0 Å². The van der Waals surface area contributed by atoms with Crippen molar-refractivity contribution < 1.29 is 20.8 Å². The quantitative estimate of drug-likeness (QED) is 0.328. The van der Waals surface area contributed by atoms with E-state index in [0.717, 1.165) is 11.8 Å². The van der Waals surface area contributed by atoms with Crippen molar-refractivity contribution in [2.45, 2.75) is 92.9 Å². The molecule has 0 aromatic carbocycles. The predicted molar refractivity (Wildman–Crippen MR) is 107 cm³/mol. The summed E-state index contributed by atoms with van der Waals surface area (Å²) in [4.78, 5) is 0. The molecule has 23 heavy (non-hydrogen) atoms. The summed E-state index contributed by atoms with van der Waals surface area (Å²) in [7, 11) is 9.87. The minimum absolute atomic E-state index is 0. The van der Waals surface area contributed by atoms with Crippen molar-refractivity contribution in [1.29, 1.82) is 0 Å². The molecule has 3 heteroatoms. The number of hydrogen-bond acceptors (Lipinski definition) is 0. The van der Waals surface area contributed by atoms with Gasteiger partial charge in [-0.15, -0.1) is 0 Å². The molecular weight excluding hydrogens is 402 g/mol. The van der Waals surface area contributed by atoms with E-state index in [1.807, 2.05) is 0 Å². The van der Waals surface area contributed by atoms with Crippen LogP contribution in [0.2, 0.25) is 0 Å². The minimum atomic E-state index is -0.826. The monoisotopic (exact) mass is 442 g/mol. The van der Waals surface area contributed by atoms with Crippen LogP contribution >= 0.6 is 17.0 Å². The molecule has 0 saturated heterocycles. The summed E-state index contributed by atoms with van der Waals surface area (Å²) in [6, 6.07) is 0. The second-order valence-corrected chi connectivity index (χ2v) is 12.5. The van der Waals surface area contributed by atoms with Gasteiger partial charge in [-0.25, -0.2) is 0 Å². The molecule has 2 saturated carbocycles. The first-order valence-corrected chi connectivity index (χ1v) is 14.9. The van der Waals surface area contributed by atoms with E-state index in [0.29, 0.717) is 10.8 Å². The topological polar surface area (TPSA) is 0 Å². The Morgan fingerprint density at radius 1 is 0.609 bits per heavy atom. The van der Waals surface area contributed by atoms with Crippen LogP contribution in [0.4, 0.5) is 0 Å². The van der Waals surface area contributed by atoms with Crippen molar-refractivity contribution in [2.75, 3.05) is 0 Å². The van der Waals surface area contributed by atoms with Crippen molar-refractivity contribution in [3.8, 4) is 0 Å². The summed E-state index contributed by atoms with van der Waals surface area (Å²) >= 11 is -0.826. The van der Waals surface area contributed by atoms with Crippen molar-refractivity contribution in [3.05, 3.63) is 14.9 Å². The maximum atomic E-state index is 4.93. The molecule has 0 bridgehead atoms. The van der Waals surface area contributed by atoms with Crippen LogP contribution in [0.15, 0.2) is 0 Å². The van der Waals surface area contributed by atoms with Crippen molar-refractivity contribution in [2.24, 2.45) is 22.7 Å². The Hall–Kier alpha value is 1.46. The van der Waals surface area contributed by atoms with Gasteiger partial charge in [0.1, 0.15) is 0 Å². The van der Waals surface area contributed by atoms with Crippen LogP contribution in [0.25, 0.3) is 0 Å². The Labute approximate surface area is 167 Å². The molecule has 0 radical (unpaired) electrons. The fourth-order valence-electron chi connectivity index (χ4n) is 3.58. The molecule has 0 atom stereocenters. The van der Waals surface area contributed by atoms with Gasteiger partial charge in [0.05, 0.1) is 0 Å². The SMILES string of the molecule is CC(C)(C)C1CCCC1.CC(C)(C)C1CCCC1.[CH3-].[CH3-].[Cl][Zr+2][Cl]. The summed E-state index contributed by atoms with van der Waals surface area (Å²) < 4.78 is 0. The summed E-state index contributed by atoms with van der Waals surface area (Å²) in [5.41, 5.74) is 1.16. The first-order chi connectivity index (χ1) is 9.62. The van der Waals surface area contributed by atoms with Gasteiger partial charge in [0.2, 0.25) is 0 Å². The van der Waals surface area contributed by atoms with Gasteiger partial charge < -0.3 is 14.9 Å². The Kier molecular flexibility index (Phi) is 18.6. The number of halogens is 2. The van der Waals surface area contributed by atoms with Crippen LogP contribution in [-0.4, -0.2) is 0 Å². The molecule has 2 aliphatic carbocycles. The van der Waals surface area contributed by atoms with E-state index in [4.69, 9.17) is 17.0 Å². The molecule has 0 aromatic heterocycles. The zero-order valence-corrected chi connectivity index (χ0v) is 21.0. The van der Waals surface area contributed by atoms with E-state index < -0.39 is 20.8 Å². The molecule has 0 N–H and O–H groups in total. The summed E-state index contributed by atoms with van der Waals surface area (Å²) in [5.74, 6) is 2.02. The van der Waals surface area contributed by atoms with Crippen LogP contribution in [0.5, 0.6) is 0 Å². The Balaban J connectivity index is -0.000000277. The summed E-state index contributed by atoms with van der Waals surface area (Å²) in [5, 5.41) is 0. The van der Waals surface area contributed by atoms with Gasteiger partial charge in [-0.3, -0.25) is 0 Å². The van der Waals surface area contributed by atoms with Crippen LogP contribution < -0.4 is 0 Å². The standard InChI is InChI=1S/2C9H18.2CH3.2ClH.Zr/c2*1-9(2,3)8-6-4-5-7-8;;;;;/h2*8H,4-7H2,1-3H3;2*1H3;2*1H;/q;;2*-1;;;+4/p-2. The van der Waals surface area contributed by atoms with Gasteiger partial charge in [-0.1, -0.05) is 67.2 Å². The summed E-state index contributed by atoms with van der Waals surface area (Å²) in [6.07, 6.45) is 11.8. The fraction of sp³-hybridized carbons (Fsp3) is 0.900. The van der Waals surface area contributed by atoms with Gasteiger partial charge in [0.25, 0.3) is 0 Å². The first-order valence-electron chi connectivity index (χ1n) is 8.59. The molecule has 2 rings (SSSR count). The molecular formula is C20H42Cl2Zr. The molecule has 0 spiro atoms. The predicted octanol–water partition coefficient (Wildman–Crippen LogP) is 8.72. The second kappa shape index (κ2) is 14.6. The normalized spacial score (nSPS) is 18.4. The molecule has 0 nitrogen and oxygen atoms in total. The van der Waals surface area contributed by atoms with E-state index >= 15 is 0 Å². The Morgan fingerprint density at radius 2 is 0.783 bits per heavy atom. The van der Waals surface area contributed by atoms with Crippen molar-refractivity contribution in [1.82, 2.24) is 0 Å². The number of hydrogen-bond donors (Lipinski definition) is 0. The molecule has 0 aliphatic heterocycles. The number of rotatable bonds is 0. The van der Waals surface area contributed by atoms with E-state index in [1.165, 1.54) is 51.4 Å². The van der Waals surface area contributed by atoms with Crippen LogP contribution in [0.1, 0.15) is 92.9 Å². The summed E-state index contributed by atoms with van der Waals surface area (Å²) in [6.45, 7) is 14.2. The van der Waals surface area contributed by atoms with Gasteiger partial charge in [-0.2, -0.15) is 0 Å². The molecule has 2 aliphatic rings. The average molecular weight is 445 g/mol. The molecule has 0 aromatic rings. The van der Waals surface area contributed by atoms with E-state index in [2.05, 4.69) is 41.5 Å². The zero-order chi connectivity index (χ0) is 16.5. The molecule has 0 amide bonds. The average Bonchev–Trinajstić information content (AvgIpc) is 3.03.